The molecular weight excluding hydrogens is 486 g/mol. The van der Waals surface area contributed by atoms with E-state index in [-0.39, 0.29) is 24.8 Å². The van der Waals surface area contributed by atoms with Crippen LogP contribution >= 0.6 is 0 Å². The molecule has 0 bridgehead atoms. The normalized spacial score (nSPS) is 17.3. The van der Waals surface area contributed by atoms with Crippen LogP contribution in [-0.4, -0.2) is 0 Å². The Morgan fingerprint density at radius 1 is 0.833 bits per heavy atom. The van der Waals surface area contributed by atoms with E-state index in [1.54, 1.807) is 11.1 Å². The quantitative estimate of drug-likeness (QED) is 0.549. The Morgan fingerprint density at radius 2 is 1.43 bits per heavy atom. The van der Waals surface area contributed by atoms with Gasteiger partial charge in [0.05, 0.1) is 0 Å². The van der Waals surface area contributed by atoms with Gasteiger partial charge in [0.15, 0.2) is 0 Å². The van der Waals surface area contributed by atoms with Crippen molar-refractivity contribution < 1.29 is 45.1 Å². The van der Waals surface area contributed by atoms with E-state index >= 15 is 0 Å². The van der Waals surface area contributed by atoms with Crippen molar-refractivity contribution in [3.63, 3.8) is 0 Å². The monoisotopic (exact) mass is 516 g/mol. The molecule has 3 heteroatoms. The second-order valence-electron chi connectivity index (χ2n) is 8.69. The van der Waals surface area contributed by atoms with Gasteiger partial charge < -0.3 is 24.8 Å². The van der Waals surface area contributed by atoms with Crippen molar-refractivity contribution in [2.75, 3.05) is 0 Å². The van der Waals surface area contributed by atoms with Gasteiger partial charge in [-0.1, -0.05) is 0 Å². The summed E-state index contributed by atoms with van der Waals surface area (Å²) in [5.74, 6) is 0. The molecule has 160 valence electrons. The molecule has 0 amide bonds. The smallest absolute Gasteiger partial charge is 1.00 e. The van der Waals surface area contributed by atoms with Crippen LogP contribution in [0.3, 0.4) is 0 Å². The van der Waals surface area contributed by atoms with Gasteiger partial charge in [0.1, 0.15) is 0 Å². The summed E-state index contributed by atoms with van der Waals surface area (Å²) < 4.78 is 4.21. The number of halogens is 2. The molecule has 0 aliphatic heterocycles. The van der Waals surface area contributed by atoms with Crippen LogP contribution in [0.5, 0.6) is 0 Å². The largest absolute Gasteiger partial charge is 1.00 e. The third kappa shape index (κ3) is 4.65. The van der Waals surface area contributed by atoms with Crippen LogP contribution in [0.15, 0.2) is 72.3 Å². The topological polar surface area (TPSA) is 0 Å². The van der Waals surface area contributed by atoms with Crippen LogP contribution in [0.4, 0.5) is 0 Å². The minimum Gasteiger partial charge on any atom is -1.00 e. The van der Waals surface area contributed by atoms with Crippen LogP contribution in [0, 0.1) is 13.8 Å². The van der Waals surface area contributed by atoms with E-state index < -0.39 is 20.3 Å². The average molecular weight is 519 g/mol. The van der Waals surface area contributed by atoms with Crippen molar-refractivity contribution in [1.82, 2.24) is 0 Å². The van der Waals surface area contributed by atoms with Gasteiger partial charge in [0, 0.05) is 0 Å². The summed E-state index contributed by atoms with van der Waals surface area (Å²) in [6, 6.07) is 16.3. The van der Waals surface area contributed by atoms with Gasteiger partial charge in [0.2, 0.25) is 0 Å². The third-order valence-electron chi connectivity index (χ3n) is 7.01. The summed E-state index contributed by atoms with van der Waals surface area (Å²) in [5, 5.41) is 0. The molecule has 0 saturated carbocycles. The van der Waals surface area contributed by atoms with Gasteiger partial charge in [-0.3, -0.25) is 0 Å². The number of hydrogen-bond acceptors (Lipinski definition) is 0. The Kier molecular flexibility index (Phi) is 8.99. The molecule has 0 nitrogen and oxygen atoms in total. The van der Waals surface area contributed by atoms with E-state index in [4.69, 9.17) is 0 Å². The molecule has 0 heterocycles. The minimum absolute atomic E-state index is 0. The fourth-order valence-corrected chi connectivity index (χ4v) is 19.1. The van der Waals surface area contributed by atoms with Crippen LogP contribution in [-0.2, 0) is 26.7 Å². The van der Waals surface area contributed by atoms with Gasteiger partial charge in [-0.2, -0.15) is 0 Å². The molecule has 1 atom stereocenters. The molecule has 1 unspecified atom stereocenters. The van der Waals surface area contributed by atoms with E-state index in [0.29, 0.717) is 3.63 Å². The van der Waals surface area contributed by atoms with Crippen LogP contribution in [0.1, 0.15) is 45.3 Å². The summed E-state index contributed by atoms with van der Waals surface area (Å²) in [6.45, 7) is 9.41. The molecule has 30 heavy (non-hydrogen) atoms. The zero-order chi connectivity index (χ0) is 19.7. The standard InChI is InChI=1S/C18H17.C5H5.2C2H5.2ClH.Zr/c1-13-7-14(2)9-15(8-13)10-16-11-17-5-3-4-6-18(17)12-16;1-2-4-5-3-1;2*1-2;;;/h3-9,11-12H,10H2,1-2H3;1-5H;2*1H2,2H3;2*1H;/p-2. The van der Waals surface area contributed by atoms with Gasteiger partial charge >= 0.3 is 176 Å². The van der Waals surface area contributed by atoms with Crippen LogP contribution < -0.4 is 24.8 Å². The summed E-state index contributed by atoms with van der Waals surface area (Å²) in [5.41, 5.74) is 9.01. The Morgan fingerprint density at radius 3 is 2.03 bits per heavy atom. The third-order valence-corrected chi connectivity index (χ3v) is 22.2. The van der Waals surface area contributed by atoms with Crippen molar-refractivity contribution in [2.45, 2.75) is 49.6 Å². The second kappa shape index (κ2) is 10.6. The summed E-state index contributed by atoms with van der Waals surface area (Å²) in [7, 11) is 0. The van der Waals surface area contributed by atoms with E-state index in [1.165, 1.54) is 30.5 Å². The van der Waals surface area contributed by atoms with Gasteiger partial charge in [-0.25, -0.2) is 0 Å². The SMILES string of the molecule is C[CH2][Zr]([CH2]C)([CH]1C=CC=C1)[CH]1C(Cc2cc(C)cc(C)c2)=Cc2ccccc21.[Cl-].[Cl-]. The number of benzene rings is 2. The van der Waals surface area contributed by atoms with Crippen molar-refractivity contribution in [3.8, 4) is 0 Å². The van der Waals surface area contributed by atoms with Gasteiger partial charge in [-0.05, 0) is 0 Å². The maximum Gasteiger partial charge on any atom is -1.00 e. The molecule has 0 aromatic heterocycles. The zero-order valence-electron chi connectivity index (χ0n) is 18.5. The molecule has 2 aliphatic rings. The Bertz CT molecular complexity index is 934. The van der Waals surface area contributed by atoms with Gasteiger partial charge in [0.25, 0.3) is 0 Å². The first-order valence-corrected chi connectivity index (χ1v) is 17.1. The molecule has 2 aliphatic carbocycles. The van der Waals surface area contributed by atoms with Crippen molar-refractivity contribution in [2.24, 2.45) is 0 Å². The zero-order valence-corrected chi connectivity index (χ0v) is 22.4. The van der Waals surface area contributed by atoms with E-state index in [1.807, 2.05) is 0 Å². The molecule has 0 spiro atoms. The van der Waals surface area contributed by atoms with Crippen molar-refractivity contribution >= 4 is 6.08 Å². The fourth-order valence-electron chi connectivity index (χ4n) is 5.76. The van der Waals surface area contributed by atoms with Gasteiger partial charge in [-0.15, -0.1) is 0 Å². The summed E-state index contributed by atoms with van der Waals surface area (Å²) in [4.78, 5) is 0. The van der Waals surface area contributed by atoms with E-state index in [9.17, 15) is 0 Å². The molecule has 0 N–H and O–H groups in total. The summed E-state index contributed by atoms with van der Waals surface area (Å²) >= 11 is -2.56. The van der Waals surface area contributed by atoms with Crippen LogP contribution in [0.25, 0.3) is 6.08 Å². The average Bonchev–Trinajstić information content (AvgIpc) is 3.32. The maximum absolute atomic E-state index is 2.56. The number of hydrogen-bond donors (Lipinski definition) is 0. The minimum atomic E-state index is -2.56. The molecule has 2 aromatic carbocycles. The number of allylic oxidation sites excluding steroid dienone is 5. The molecular formula is C27H32Cl2Zr-2. The molecule has 0 radical (unpaired) electrons. The molecule has 4 rings (SSSR count). The van der Waals surface area contributed by atoms with E-state index in [2.05, 4.69) is 101 Å². The molecule has 2 aromatic rings. The number of rotatable bonds is 6. The second-order valence-corrected chi connectivity index (χ2v) is 21.3. The Balaban J connectivity index is 0.00000160. The van der Waals surface area contributed by atoms with Crippen LogP contribution in [0.2, 0.25) is 11.9 Å². The Hall–Kier alpha value is -0.877. The fraction of sp³-hybridized carbons (Fsp3) is 0.333. The Labute approximate surface area is 199 Å². The molecule has 0 fully saturated rings. The predicted octanol–water partition coefficient (Wildman–Crippen LogP) is 1.94. The maximum atomic E-state index is 2.54. The van der Waals surface area contributed by atoms with Crippen molar-refractivity contribution in [1.29, 1.82) is 0 Å². The van der Waals surface area contributed by atoms with Crippen molar-refractivity contribution in [3.05, 3.63) is 100 Å². The first kappa shape index (κ1) is 25.4. The number of fused-ring (bicyclic) bond motifs is 1. The summed E-state index contributed by atoms with van der Waals surface area (Å²) in [6.07, 6.45) is 13.2. The predicted molar refractivity (Wildman–Crippen MR) is 120 cm³/mol. The first-order chi connectivity index (χ1) is 13.6. The van der Waals surface area contributed by atoms with E-state index in [0.717, 1.165) is 10.0 Å². The first-order valence-electron chi connectivity index (χ1n) is 10.8. The number of aryl methyl sites for hydroxylation is 2. The molecule has 0 saturated heterocycles.